The van der Waals surface area contributed by atoms with Crippen molar-refractivity contribution in [3.63, 3.8) is 0 Å². The fraction of sp³-hybridized carbons (Fsp3) is 0.619. The van der Waals surface area contributed by atoms with Crippen LogP contribution in [0.2, 0.25) is 0 Å². The first-order valence-corrected chi connectivity index (χ1v) is 9.85. The lowest BCUT2D eigenvalue weighted by atomic mass is 9.95. The van der Waals surface area contributed by atoms with Crippen LogP contribution in [0.5, 0.6) is 0 Å². The minimum Gasteiger partial charge on any atom is -0.381 e. The molecule has 2 amide bonds. The van der Waals surface area contributed by atoms with Crippen molar-refractivity contribution >= 4 is 11.8 Å². The van der Waals surface area contributed by atoms with E-state index in [2.05, 4.69) is 5.32 Å². The van der Waals surface area contributed by atoms with Gasteiger partial charge in [-0.25, -0.2) is 0 Å². The molecule has 2 saturated heterocycles. The average molecular weight is 358 g/mol. The van der Waals surface area contributed by atoms with Crippen LogP contribution >= 0.6 is 0 Å². The number of nitrogens with one attached hydrogen (secondary N) is 1. The Hall–Kier alpha value is -1.88. The van der Waals surface area contributed by atoms with Gasteiger partial charge in [0.25, 0.3) is 5.91 Å². The molecule has 0 saturated carbocycles. The lowest BCUT2D eigenvalue weighted by molar-refractivity contribution is -0.126. The second-order valence-electron chi connectivity index (χ2n) is 7.60. The first kappa shape index (κ1) is 18.9. The monoisotopic (exact) mass is 358 g/mol. The molecule has 2 fully saturated rings. The molecular weight excluding hydrogens is 328 g/mol. The standard InChI is InChI=1S/C21H30N2O3/c1-16-4-6-19(7-5-16)21(25)23-12-8-18(9-13-23)20(24)22-11-2-3-17-10-14-26-15-17/h4-7,17-18H,2-3,8-15H2,1H3,(H,22,24)/t17-/m1/s1. The zero-order chi connectivity index (χ0) is 18.4. The van der Waals surface area contributed by atoms with E-state index < -0.39 is 0 Å². The largest absolute Gasteiger partial charge is 0.381 e. The van der Waals surface area contributed by atoms with Gasteiger partial charge in [0.15, 0.2) is 0 Å². The number of hydrogen-bond acceptors (Lipinski definition) is 3. The van der Waals surface area contributed by atoms with E-state index in [0.29, 0.717) is 19.0 Å². The average Bonchev–Trinajstić information content (AvgIpc) is 3.19. The molecule has 0 aromatic heterocycles. The maximum Gasteiger partial charge on any atom is 0.253 e. The van der Waals surface area contributed by atoms with Gasteiger partial charge in [-0.15, -0.1) is 0 Å². The third kappa shape index (κ3) is 5.07. The molecule has 1 aromatic carbocycles. The number of carbonyl (C=O) groups excluding carboxylic acids is 2. The Labute approximate surface area is 156 Å². The molecule has 0 unspecified atom stereocenters. The molecule has 26 heavy (non-hydrogen) atoms. The molecule has 1 atom stereocenters. The first-order valence-electron chi connectivity index (χ1n) is 9.85. The highest BCUT2D eigenvalue weighted by atomic mass is 16.5. The van der Waals surface area contributed by atoms with Gasteiger partial charge in [-0.2, -0.15) is 0 Å². The molecule has 3 rings (SSSR count). The molecule has 142 valence electrons. The number of amides is 2. The van der Waals surface area contributed by atoms with Crippen LogP contribution in [0.3, 0.4) is 0 Å². The van der Waals surface area contributed by atoms with Crippen LogP contribution in [-0.4, -0.2) is 49.6 Å². The van der Waals surface area contributed by atoms with Crippen LogP contribution in [0.25, 0.3) is 0 Å². The summed E-state index contributed by atoms with van der Waals surface area (Å²) in [6.07, 6.45) is 4.80. The molecule has 0 aliphatic carbocycles. The molecule has 0 spiro atoms. The SMILES string of the molecule is Cc1ccc(C(=O)N2CCC(C(=O)NCCC[C@@H]3CCOC3)CC2)cc1. The molecule has 1 aromatic rings. The Morgan fingerprint density at radius 3 is 2.54 bits per heavy atom. The van der Waals surface area contributed by atoms with E-state index in [-0.39, 0.29) is 17.7 Å². The topological polar surface area (TPSA) is 58.6 Å². The summed E-state index contributed by atoms with van der Waals surface area (Å²) in [5, 5.41) is 3.08. The fourth-order valence-corrected chi connectivity index (χ4v) is 3.78. The van der Waals surface area contributed by atoms with Crippen molar-refractivity contribution in [3.8, 4) is 0 Å². The quantitative estimate of drug-likeness (QED) is 0.796. The second kappa shape index (κ2) is 9.17. The second-order valence-corrected chi connectivity index (χ2v) is 7.60. The van der Waals surface area contributed by atoms with Crippen molar-refractivity contribution < 1.29 is 14.3 Å². The smallest absolute Gasteiger partial charge is 0.253 e. The van der Waals surface area contributed by atoms with E-state index in [1.165, 1.54) is 0 Å². The third-order valence-electron chi connectivity index (χ3n) is 5.56. The van der Waals surface area contributed by atoms with Gasteiger partial charge >= 0.3 is 0 Å². The van der Waals surface area contributed by atoms with Gasteiger partial charge in [0.2, 0.25) is 5.91 Å². The summed E-state index contributed by atoms with van der Waals surface area (Å²) in [5.41, 5.74) is 1.88. The van der Waals surface area contributed by atoms with Crippen molar-refractivity contribution in [2.24, 2.45) is 11.8 Å². The van der Waals surface area contributed by atoms with Gasteiger partial charge in [-0.1, -0.05) is 17.7 Å². The van der Waals surface area contributed by atoms with Gasteiger partial charge < -0.3 is 15.0 Å². The fourth-order valence-electron chi connectivity index (χ4n) is 3.78. The third-order valence-corrected chi connectivity index (χ3v) is 5.56. The Bertz CT molecular complexity index is 600. The number of carbonyl (C=O) groups is 2. The summed E-state index contributed by atoms with van der Waals surface area (Å²) >= 11 is 0. The number of ether oxygens (including phenoxy) is 1. The number of likely N-dealkylation sites (tertiary alicyclic amines) is 1. The lowest BCUT2D eigenvalue weighted by Crippen LogP contribution is -2.43. The molecule has 1 N–H and O–H groups in total. The minimum atomic E-state index is 0.0341. The van der Waals surface area contributed by atoms with Gasteiger partial charge in [0.1, 0.15) is 0 Å². The van der Waals surface area contributed by atoms with Crippen LogP contribution in [0.1, 0.15) is 48.0 Å². The molecule has 2 heterocycles. The van der Waals surface area contributed by atoms with Crippen molar-refractivity contribution in [1.82, 2.24) is 10.2 Å². The normalized spacial score (nSPS) is 21.0. The van der Waals surface area contributed by atoms with Gasteiger partial charge in [0, 0.05) is 44.3 Å². The lowest BCUT2D eigenvalue weighted by Gasteiger charge is -2.31. The predicted molar refractivity (Wildman–Crippen MR) is 101 cm³/mol. The highest BCUT2D eigenvalue weighted by Crippen LogP contribution is 2.20. The van der Waals surface area contributed by atoms with Crippen LogP contribution in [0.15, 0.2) is 24.3 Å². The molecular formula is C21H30N2O3. The van der Waals surface area contributed by atoms with Gasteiger partial charge in [-0.05, 0) is 57.1 Å². The molecule has 0 radical (unpaired) electrons. The van der Waals surface area contributed by atoms with Gasteiger partial charge in [0.05, 0.1) is 0 Å². The van der Waals surface area contributed by atoms with E-state index in [1.807, 2.05) is 36.1 Å². The number of rotatable bonds is 6. The molecule has 0 bridgehead atoms. The predicted octanol–water partition coefficient (Wildman–Crippen LogP) is 2.78. The van der Waals surface area contributed by atoms with Crippen molar-refractivity contribution in [1.29, 1.82) is 0 Å². The number of hydrogen-bond donors (Lipinski definition) is 1. The number of nitrogens with zero attached hydrogens (tertiary/aromatic N) is 1. The zero-order valence-electron chi connectivity index (χ0n) is 15.7. The Balaban J connectivity index is 1.36. The highest BCUT2D eigenvalue weighted by molar-refractivity contribution is 5.94. The molecule has 5 heteroatoms. The summed E-state index contributed by atoms with van der Waals surface area (Å²) in [4.78, 5) is 26.7. The first-order chi connectivity index (χ1) is 12.6. The molecule has 2 aliphatic heterocycles. The zero-order valence-corrected chi connectivity index (χ0v) is 15.7. The van der Waals surface area contributed by atoms with Crippen LogP contribution in [0.4, 0.5) is 0 Å². The molecule has 5 nitrogen and oxygen atoms in total. The van der Waals surface area contributed by atoms with Crippen LogP contribution < -0.4 is 5.32 Å². The summed E-state index contributed by atoms with van der Waals surface area (Å²) in [5.74, 6) is 0.924. The van der Waals surface area contributed by atoms with Crippen molar-refractivity contribution in [3.05, 3.63) is 35.4 Å². The Kier molecular flexibility index (Phi) is 6.67. The molecule has 2 aliphatic rings. The highest BCUT2D eigenvalue weighted by Gasteiger charge is 2.27. The minimum absolute atomic E-state index is 0.0341. The number of aryl methyl sites for hydroxylation is 1. The van der Waals surface area contributed by atoms with Crippen molar-refractivity contribution in [2.45, 2.75) is 39.0 Å². The summed E-state index contributed by atoms with van der Waals surface area (Å²) in [6, 6.07) is 7.69. The Morgan fingerprint density at radius 1 is 1.15 bits per heavy atom. The maximum atomic E-state index is 12.5. The Morgan fingerprint density at radius 2 is 1.88 bits per heavy atom. The summed E-state index contributed by atoms with van der Waals surface area (Å²) < 4.78 is 5.38. The van der Waals surface area contributed by atoms with Gasteiger partial charge in [-0.3, -0.25) is 9.59 Å². The summed E-state index contributed by atoms with van der Waals surface area (Å²) in [7, 11) is 0. The van der Waals surface area contributed by atoms with E-state index >= 15 is 0 Å². The number of piperidine rings is 1. The van der Waals surface area contributed by atoms with Crippen LogP contribution in [0, 0.1) is 18.8 Å². The van der Waals surface area contributed by atoms with E-state index in [1.54, 1.807) is 0 Å². The van der Waals surface area contributed by atoms with E-state index in [9.17, 15) is 9.59 Å². The number of benzene rings is 1. The summed E-state index contributed by atoms with van der Waals surface area (Å²) in [6.45, 7) is 5.84. The van der Waals surface area contributed by atoms with E-state index in [0.717, 1.165) is 63.0 Å². The maximum absolute atomic E-state index is 12.5. The van der Waals surface area contributed by atoms with Crippen LogP contribution in [-0.2, 0) is 9.53 Å². The van der Waals surface area contributed by atoms with E-state index in [4.69, 9.17) is 4.74 Å². The van der Waals surface area contributed by atoms with Crippen molar-refractivity contribution in [2.75, 3.05) is 32.8 Å².